The van der Waals surface area contributed by atoms with Crippen LogP contribution in [-0.4, -0.2) is 38.1 Å². The Hall–Kier alpha value is -2.14. The quantitative estimate of drug-likeness (QED) is 0.756. The van der Waals surface area contributed by atoms with Crippen molar-refractivity contribution in [1.29, 1.82) is 0 Å². The second kappa shape index (κ2) is 6.10. The molecule has 0 unspecified atom stereocenters. The number of nitrogens with zero attached hydrogens (tertiary/aromatic N) is 4. The Kier molecular flexibility index (Phi) is 4.01. The summed E-state index contributed by atoms with van der Waals surface area (Å²) in [6.45, 7) is 3.95. The molecule has 110 valence electrons. The van der Waals surface area contributed by atoms with E-state index in [0.29, 0.717) is 0 Å². The zero-order valence-corrected chi connectivity index (χ0v) is 12.6. The SMILES string of the molecule is Cc1cc(CN(C)CCCc2cn3ccccc3n2)n[nH]1. The third-order valence-corrected chi connectivity index (χ3v) is 3.58. The number of nitrogens with one attached hydrogen (secondary N) is 1. The van der Waals surface area contributed by atoms with Gasteiger partial charge in [-0.1, -0.05) is 6.07 Å². The van der Waals surface area contributed by atoms with Gasteiger partial charge in [0.25, 0.3) is 0 Å². The number of aromatic nitrogens is 4. The van der Waals surface area contributed by atoms with Gasteiger partial charge in [0.15, 0.2) is 0 Å². The van der Waals surface area contributed by atoms with E-state index in [1.807, 2.05) is 31.3 Å². The fourth-order valence-electron chi connectivity index (χ4n) is 2.55. The Bertz CT molecular complexity index is 679. The molecule has 0 fully saturated rings. The van der Waals surface area contributed by atoms with E-state index < -0.39 is 0 Å². The van der Waals surface area contributed by atoms with Crippen molar-refractivity contribution in [3.05, 3.63) is 53.7 Å². The van der Waals surface area contributed by atoms with Gasteiger partial charge in [0.05, 0.1) is 11.4 Å². The highest BCUT2D eigenvalue weighted by Crippen LogP contribution is 2.08. The summed E-state index contributed by atoms with van der Waals surface area (Å²) in [5.74, 6) is 0. The fourth-order valence-corrected chi connectivity index (χ4v) is 2.55. The highest BCUT2D eigenvalue weighted by Gasteiger charge is 2.05. The number of hydrogen-bond donors (Lipinski definition) is 1. The summed E-state index contributed by atoms with van der Waals surface area (Å²) in [5.41, 5.74) is 4.39. The summed E-state index contributed by atoms with van der Waals surface area (Å²) in [6.07, 6.45) is 6.26. The van der Waals surface area contributed by atoms with Gasteiger partial charge in [0.1, 0.15) is 5.65 Å². The predicted octanol–water partition coefficient (Wildman–Crippen LogP) is 2.43. The molecule has 0 atom stereocenters. The standard InChI is InChI=1S/C16H21N5/c1-13-10-15(19-18-13)11-20(2)8-5-6-14-12-21-9-4-3-7-16(21)17-14/h3-4,7,9-10,12H,5-6,8,11H2,1-2H3,(H,18,19). The smallest absolute Gasteiger partial charge is 0.136 e. The monoisotopic (exact) mass is 283 g/mol. The van der Waals surface area contributed by atoms with Gasteiger partial charge in [-0.05, 0) is 51.6 Å². The maximum Gasteiger partial charge on any atom is 0.136 e. The fraction of sp³-hybridized carbons (Fsp3) is 0.375. The van der Waals surface area contributed by atoms with Gasteiger partial charge < -0.3 is 9.30 Å². The molecular weight excluding hydrogens is 262 g/mol. The zero-order valence-electron chi connectivity index (χ0n) is 12.6. The van der Waals surface area contributed by atoms with Crippen LogP contribution in [0.1, 0.15) is 23.5 Å². The summed E-state index contributed by atoms with van der Waals surface area (Å²) < 4.78 is 2.07. The molecule has 0 saturated heterocycles. The molecule has 0 saturated carbocycles. The van der Waals surface area contributed by atoms with Crippen LogP contribution in [0.5, 0.6) is 0 Å². The molecule has 3 aromatic rings. The van der Waals surface area contributed by atoms with E-state index in [9.17, 15) is 0 Å². The molecule has 0 aliphatic heterocycles. The number of aryl methyl sites for hydroxylation is 2. The number of hydrogen-bond acceptors (Lipinski definition) is 3. The van der Waals surface area contributed by atoms with E-state index >= 15 is 0 Å². The lowest BCUT2D eigenvalue weighted by Crippen LogP contribution is -2.19. The Balaban J connectivity index is 1.49. The zero-order chi connectivity index (χ0) is 14.7. The van der Waals surface area contributed by atoms with E-state index in [4.69, 9.17) is 0 Å². The molecule has 1 N–H and O–H groups in total. The Morgan fingerprint density at radius 1 is 1.29 bits per heavy atom. The molecule has 5 heteroatoms. The summed E-state index contributed by atoms with van der Waals surface area (Å²) in [4.78, 5) is 6.92. The second-order valence-corrected chi connectivity index (χ2v) is 5.58. The van der Waals surface area contributed by atoms with E-state index in [2.05, 4.69) is 43.8 Å². The van der Waals surface area contributed by atoms with Gasteiger partial charge in [0, 0.05) is 24.6 Å². The number of fused-ring (bicyclic) bond motifs is 1. The second-order valence-electron chi connectivity index (χ2n) is 5.58. The highest BCUT2D eigenvalue weighted by molar-refractivity contribution is 5.39. The summed E-state index contributed by atoms with van der Waals surface area (Å²) in [5, 5.41) is 7.25. The van der Waals surface area contributed by atoms with E-state index in [0.717, 1.165) is 48.7 Å². The summed E-state index contributed by atoms with van der Waals surface area (Å²) in [7, 11) is 2.13. The lowest BCUT2D eigenvalue weighted by atomic mass is 10.2. The summed E-state index contributed by atoms with van der Waals surface area (Å²) >= 11 is 0. The summed E-state index contributed by atoms with van der Waals surface area (Å²) in [6, 6.07) is 8.18. The van der Waals surface area contributed by atoms with Gasteiger partial charge in [-0.15, -0.1) is 0 Å². The van der Waals surface area contributed by atoms with Crippen molar-refractivity contribution in [3.63, 3.8) is 0 Å². The largest absolute Gasteiger partial charge is 0.307 e. The predicted molar refractivity (Wildman–Crippen MR) is 83.2 cm³/mol. The van der Waals surface area contributed by atoms with Crippen LogP contribution in [0.25, 0.3) is 5.65 Å². The first-order valence-electron chi connectivity index (χ1n) is 7.33. The van der Waals surface area contributed by atoms with Crippen LogP contribution >= 0.6 is 0 Å². The Morgan fingerprint density at radius 3 is 2.95 bits per heavy atom. The molecule has 21 heavy (non-hydrogen) atoms. The van der Waals surface area contributed by atoms with Crippen LogP contribution in [0.15, 0.2) is 36.7 Å². The first kappa shape index (κ1) is 13.8. The minimum Gasteiger partial charge on any atom is -0.307 e. The van der Waals surface area contributed by atoms with E-state index in [1.54, 1.807) is 0 Å². The molecule has 0 radical (unpaired) electrons. The molecule has 0 amide bonds. The average molecular weight is 283 g/mol. The van der Waals surface area contributed by atoms with Gasteiger partial charge in [0.2, 0.25) is 0 Å². The molecule has 0 aliphatic rings. The van der Waals surface area contributed by atoms with Crippen LogP contribution in [0.3, 0.4) is 0 Å². The third kappa shape index (κ3) is 3.49. The van der Waals surface area contributed by atoms with Crippen molar-refractivity contribution in [2.24, 2.45) is 0 Å². The number of rotatable bonds is 6. The van der Waals surface area contributed by atoms with Gasteiger partial charge in [-0.2, -0.15) is 5.10 Å². The van der Waals surface area contributed by atoms with Crippen molar-refractivity contribution in [2.75, 3.05) is 13.6 Å². The van der Waals surface area contributed by atoms with E-state index in [1.165, 1.54) is 0 Å². The Labute approximate surface area is 124 Å². The van der Waals surface area contributed by atoms with Crippen molar-refractivity contribution >= 4 is 5.65 Å². The highest BCUT2D eigenvalue weighted by atomic mass is 15.2. The number of imidazole rings is 1. The molecule has 5 nitrogen and oxygen atoms in total. The van der Waals surface area contributed by atoms with Crippen LogP contribution in [0.4, 0.5) is 0 Å². The van der Waals surface area contributed by atoms with Crippen LogP contribution in [-0.2, 0) is 13.0 Å². The molecular formula is C16H21N5. The van der Waals surface area contributed by atoms with Crippen molar-refractivity contribution < 1.29 is 0 Å². The van der Waals surface area contributed by atoms with Gasteiger partial charge in [-0.25, -0.2) is 4.98 Å². The molecule has 0 aliphatic carbocycles. The Morgan fingerprint density at radius 2 is 2.19 bits per heavy atom. The first-order valence-corrected chi connectivity index (χ1v) is 7.33. The van der Waals surface area contributed by atoms with Crippen molar-refractivity contribution in [2.45, 2.75) is 26.3 Å². The number of H-pyrrole nitrogens is 1. The lowest BCUT2D eigenvalue weighted by molar-refractivity contribution is 0.318. The normalized spacial score (nSPS) is 11.6. The first-order chi connectivity index (χ1) is 10.2. The molecule has 3 aromatic heterocycles. The number of aromatic amines is 1. The third-order valence-electron chi connectivity index (χ3n) is 3.58. The maximum absolute atomic E-state index is 4.62. The molecule has 0 spiro atoms. The van der Waals surface area contributed by atoms with Crippen LogP contribution < -0.4 is 0 Å². The van der Waals surface area contributed by atoms with Crippen LogP contribution in [0, 0.1) is 6.92 Å². The maximum atomic E-state index is 4.62. The molecule has 0 bridgehead atoms. The van der Waals surface area contributed by atoms with Crippen molar-refractivity contribution in [3.8, 4) is 0 Å². The van der Waals surface area contributed by atoms with Crippen molar-refractivity contribution in [1.82, 2.24) is 24.5 Å². The molecule has 3 heterocycles. The molecule has 0 aromatic carbocycles. The van der Waals surface area contributed by atoms with E-state index in [-0.39, 0.29) is 0 Å². The topological polar surface area (TPSA) is 49.2 Å². The minimum atomic E-state index is 0.884. The molecule has 3 rings (SSSR count). The number of pyridine rings is 1. The van der Waals surface area contributed by atoms with Gasteiger partial charge in [-0.3, -0.25) is 5.10 Å². The van der Waals surface area contributed by atoms with Crippen LogP contribution in [0.2, 0.25) is 0 Å². The lowest BCUT2D eigenvalue weighted by Gasteiger charge is -2.14. The minimum absolute atomic E-state index is 0.884. The average Bonchev–Trinajstić information content (AvgIpc) is 3.04. The van der Waals surface area contributed by atoms with Gasteiger partial charge >= 0.3 is 0 Å².